The van der Waals surface area contributed by atoms with Crippen LogP contribution in [0.5, 0.6) is 0 Å². The van der Waals surface area contributed by atoms with Crippen molar-refractivity contribution in [2.75, 3.05) is 33.0 Å². The van der Waals surface area contributed by atoms with Gasteiger partial charge in [-0.2, -0.15) is 0 Å². The van der Waals surface area contributed by atoms with Crippen LogP contribution >= 0.6 is 0 Å². The van der Waals surface area contributed by atoms with E-state index in [0.29, 0.717) is 26.4 Å². The van der Waals surface area contributed by atoms with Crippen LogP contribution in [0.15, 0.2) is 0 Å². The summed E-state index contributed by atoms with van der Waals surface area (Å²) in [4.78, 5) is 12.9. The molecule has 1 fully saturated rings. The Balaban J connectivity index is 2.48. The number of carboxylic acid groups (broad SMARTS) is 1. The number of ether oxygens (including phenoxy) is 2. The highest BCUT2D eigenvalue weighted by molar-refractivity contribution is 5.67. The summed E-state index contributed by atoms with van der Waals surface area (Å²) in [6, 6.07) is 0.218. The van der Waals surface area contributed by atoms with E-state index in [0.717, 1.165) is 6.54 Å². The summed E-state index contributed by atoms with van der Waals surface area (Å²) in [5.74, 6) is -0.774. The summed E-state index contributed by atoms with van der Waals surface area (Å²) in [5.41, 5.74) is 0. The van der Waals surface area contributed by atoms with Crippen molar-refractivity contribution in [1.82, 2.24) is 4.90 Å². The molecule has 0 spiro atoms. The molecule has 2 unspecified atom stereocenters. The van der Waals surface area contributed by atoms with Gasteiger partial charge in [-0.05, 0) is 13.8 Å². The summed E-state index contributed by atoms with van der Waals surface area (Å²) in [7, 11) is 0. The van der Waals surface area contributed by atoms with Crippen LogP contribution in [-0.4, -0.2) is 61.0 Å². The Morgan fingerprint density at radius 1 is 1.69 bits per heavy atom. The van der Waals surface area contributed by atoms with Crippen molar-refractivity contribution in [3.63, 3.8) is 0 Å². The lowest BCUT2D eigenvalue weighted by Crippen LogP contribution is -2.51. The molecule has 0 aromatic carbocycles. The monoisotopic (exact) mass is 231 g/mol. The zero-order chi connectivity index (χ0) is 12.0. The van der Waals surface area contributed by atoms with Crippen molar-refractivity contribution >= 4 is 5.97 Å². The van der Waals surface area contributed by atoms with Crippen LogP contribution in [0.4, 0.5) is 0 Å². The van der Waals surface area contributed by atoms with E-state index >= 15 is 0 Å². The third-order valence-corrected chi connectivity index (χ3v) is 2.81. The van der Waals surface area contributed by atoms with Gasteiger partial charge in [-0.25, -0.2) is 0 Å². The molecule has 1 rings (SSSR count). The molecule has 5 heteroatoms. The van der Waals surface area contributed by atoms with Crippen LogP contribution in [0.3, 0.4) is 0 Å². The molecular formula is C11H21NO4. The molecule has 0 saturated carbocycles. The van der Waals surface area contributed by atoms with Gasteiger partial charge in [-0.15, -0.1) is 0 Å². The maximum absolute atomic E-state index is 10.7. The van der Waals surface area contributed by atoms with E-state index in [2.05, 4.69) is 11.8 Å². The quantitative estimate of drug-likeness (QED) is 0.725. The van der Waals surface area contributed by atoms with Crippen LogP contribution in [-0.2, 0) is 14.3 Å². The van der Waals surface area contributed by atoms with Crippen molar-refractivity contribution in [2.24, 2.45) is 0 Å². The third-order valence-electron chi connectivity index (χ3n) is 2.81. The van der Waals surface area contributed by atoms with Gasteiger partial charge in [0.05, 0.1) is 26.2 Å². The van der Waals surface area contributed by atoms with Crippen LogP contribution < -0.4 is 0 Å². The van der Waals surface area contributed by atoms with Gasteiger partial charge >= 0.3 is 5.97 Å². The molecule has 0 aromatic heterocycles. The number of hydrogen-bond donors (Lipinski definition) is 1. The second kappa shape index (κ2) is 6.83. The van der Waals surface area contributed by atoms with E-state index < -0.39 is 5.97 Å². The topological polar surface area (TPSA) is 59.0 Å². The highest BCUT2D eigenvalue weighted by Crippen LogP contribution is 2.14. The van der Waals surface area contributed by atoms with Gasteiger partial charge < -0.3 is 14.6 Å². The third kappa shape index (κ3) is 4.08. The first kappa shape index (κ1) is 13.4. The van der Waals surface area contributed by atoms with Gasteiger partial charge in [-0.3, -0.25) is 9.69 Å². The lowest BCUT2D eigenvalue weighted by molar-refractivity contribution is -0.141. The second-order valence-electron chi connectivity index (χ2n) is 4.07. The summed E-state index contributed by atoms with van der Waals surface area (Å²) >= 11 is 0. The van der Waals surface area contributed by atoms with Crippen LogP contribution in [0, 0.1) is 0 Å². The number of carboxylic acids is 1. The molecule has 1 aliphatic rings. The predicted octanol–water partition coefficient (Wildman–Crippen LogP) is 0.587. The van der Waals surface area contributed by atoms with E-state index in [1.54, 1.807) is 0 Å². The smallest absolute Gasteiger partial charge is 0.305 e. The minimum atomic E-state index is -0.774. The molecule has 1 aliphatic heterocycles. The van der Waals surface area contributed by atoms with E-state index in [9.17, 15) is 4.79 Å². The Hall–Kier alpha value is -0.650. The highest BCUT2D eigenvalue weighted by Gasteiger charge is 2.28. The first-order chi connectivity index (χ1) is 7.65. The van der Waals surface area contributed by atoms with Gasteiger partial charge in [0.25, 0.3) is 0 Å². The summed E-state index contributed by atoms with van der Waals surface area (Å²) in [6.45, 7) is 7.32. The molecule has 0 amide bonds. The van der Waals surface area contributed by atoms with Gasteiger partial charge in [0.15, 0.2) is 0 Å². The van der Waals surface area contributed by atoms with Crippen molar-refractivity contribution in [1.29, 1.82) is 0 Å². The minimum Gasteiger partial charge on any atom is -0.481 e. The fourth-order valence-corrected chi connectivity index (χ4v) is 2.01. The van der Waals surface area contributed by atoms with Crippen molar-refractivity contribution in [3.8, 4) is 0 Å². The van der Waals surface area contributed by atoms with Gasteiger partial charge in [0, 0.05) is 25.2 Å². The average Bonchev–Trinajstić information content (AvgIpc) is 2.26. The molecule has 0 bridgehead atoms. The zero-order valence-corrected chi connectivity index (χ0v) is 10.0. The van der Waals surface area contributed by atoms with Gasteiger partial charge in [0.1, 0.15) is 0 Å². The molecule has 1 heterocycles. The largest absolute Gasteiger partial charge is 0.481 e. The zero-order valence-electron chi connectivity index (χ0n) is 10.0. The molecule has 0 aromatic rings. The minimum absolute atomic E-state index is 0.0262. The Kier molecular flexibility index (Phi) is 5.73. The van der Waals surface area contributed by atoms with Gasteiger partial charge in [-0.1, -0.05) is 0 Å². The number of carbonyl (C=O) groups is 1. The number of hydrogen-bond acceptors (Lipinski definition) is 4. The number of aliphatic carboxylic acids is 1. The normalized spacial score (nSPS) is 24.2. The Bertz CT molecular complexity index is 222. The molecule has 94 valence electrons. The van der Waals surface area contributed by atoms with E-state index in [1.807, 2.05) is 6.92 Å². The Morgan fingerprint density at radius 2 is 2.44 bits per heavy atom. The number of morpholine rings is 1. The molecule has 16 heavy (non-hydrogen) atoms. The van der Waals surface area contributed by atoms with Crippen LogP contribution in [0.25, 0.3) is 0 Å². The maximum atomic E-state index is 10.7. The van der Waals surface area contributed by atoms with E-state index in [1.165, 1.54) is 0 Å². The SMILES string of the molecule is CCOCC(C)N1CCOCC1CC(=O)O. The molecule has 1 N–H and O–H groups in total. The van der Waals surface area contributed by atoms with E-state index in [4.69, 9.17) is 14.6 Å². The summed E-state index contributed by atoms with van der Waals surface area (Å²) < 4.78 is 10.7. The van der Waals surface area contributed by atoms with Crippen LogP contribution in [0.1, 0.15) is 20.3 Å². The van der Waals surface area contributed by atoms with Crippen LogP contribution in [0.2, 0.25) is 0 Å². The standard InChI is InChI=1S/C11H21NO4/c1-3-15-7-9(2)12-4-5-16-8-10(12)6-11(13)14/h9-10H,3-8H2,1-2H3,(H,13,14). The molecule has 0 radical (unpaired) electrons. The molecule has 0 aliphatic carbocycles. The Labute approximate surface area is 96.3 Å². The first-order valence-electron chi connectivity index (χ1n) is 5.78. The molecule has 2 atom stereocenters. The van der Waals surface area contributed by atoms with Crippen molar-refractivity contribution in [2.45, 2.75) is 32.4 Å². The lowest BCUT2D eigenvalue weighted by atomic mass is 10.1. The van der Waals surface area contributed by atoms with E-state index in [-0.39, 0.29) is 18.5 Å². The van der Waals surface area contributed by atoms with Crippen molar-refractivity contribution < 1.29 is 19.4 Å². The predicted molar refractivity (Wildman–Crippen MR) is 59.5 cm³/mol. The summed E-state index contributed by atoms with van der Waals surface area (Å²) in [5, 5.41) is 8.83. The Morgan fingerprint density at radius 3 is 3.06 bits per heavy atom. The fourth-order valence-electron chi connectivity index (χ4n) is 2.01. The second-order valence-corrected chi connectivity index (χ2v) is 4.07. The molecule has 1 saturated heterocycles. The van der Waals surface area contributed by atoms with Gasteiger partial charge in [0.2, 0.25) is 0 Å². The van der Waals surface area contributed by atoms with Crippen molar-refractivity contribution in [3.05, 3.63) is 0 Å². The summed E-state index contributed by atoms with van der Waals surface area (Å²) in [6.07, 6.45) is 0.135. The molecular weight excluding hydrogens is 210 g/mol. The molecule has 5 nitrogen and oxygen atoms in total. The fraction of sp³-hybridized carbons (Fsp3) is 0.909. The lowest BCUT2D eigenvalue weighted by Gasteiger charge is -2.38. The first-order valence-corrected chi connectivity index (χ1v) is 5.78. The number of nitrogens with zero attached hydrogens (tertiary/aromatic N) is 1. The number of rotatable bonds is 6. The average molecular weight is 231 g/mol. The highest BCUT2D eigenvalue weighted by atomic mass is 16.5. The maximum Gasteiger partial charge on any atom is 0.305 e.